The molecule has 2 rings (SSSR count). The molecule has 0 aromatic carbocycles. The second-order valence-electron chi connectivity index (χ2n) is 7.10. The minimum atomic E-state index is -0.389. The normalized spacial score (nSPS) is 32.6. The molecular weight excluding hydrogens is 226 g/mol. The fourth-order valence-electron chi connectivity index (χ4n) is 3.43. The quantitative estimate of drug-likeness (QED) is 0.783. The molecule has 0 saturated heterocycles. The van der Waals surface area contributed by atoms with Crippen LogP contribution in [0.2, 0.25) is 0 Å². The highest BCUT2D eigenvalue weighted by molar-refractivity contribution is 5.75. The van der Waals surface area contributed by atoms with Crippen LogP contribution in [0.3, 0.4) is 0 Å². The summed E-state index contributed by atoms with van der Waals surface area (Å²) in [6, 6.07) is -0.191. The SMILES string of the molecule is CC(NCC1CC2CCC1C2)C(=O)OC(C)(C)C. The number of carbonyl (C=O) groups excluding carboxylic acids is 1. The minimum absolute atomic E-state index is 0.134. The monoisotopic (exact) mass is 253 g/mol. The van der Waals surface area contributed by atoms with Crippen molar-refractivity contribution < 1.29 is 9.53 Å². The molecule has 2 bridgehead atoms. The Morgan fingerprint density at radius 3 is 2.56 bits per heavy atom. The van der Waals surface area contributed by atoms with Crippen molar-refractivity contribution in [1.82, 2.24) is 5.32 Å². The number of ether oxygens (including phenoxy) is 1. The van der Waals surface area contributed by atoms with E-state index in [1.807, 2.05) is 27.7 Å². The number of fused-ring (bicyclic) bond motifs is 2. The molecule has 3 nitrogen and oxygen atoms in total. The van der Waals surface area contributed by atoms with Crippen LogP contribution in [-0.4, -0.2) is 24.2 Å². The maximum atomic E-state index is 11.8. The fraction of sp³-hybridized carbons (Fsp3) is 0.933. The molecule has 0 amide bonds. The zero-order valence-electron chi connectivity index (χ0n) is 12.2. The lowest BCUT2D eigenvalue weighted by Gasteiger charge is -2.26. The molecule has 18 heavy (non-hydrogen) atoms. The molecule has 4 atom stereocenters. The highest BCUT2D eigenvalue weighted by atomic mass is 16.6. The first kappa shape index (κ1) is 13.9. The van der Waals surface area contributed by atoms with Gasteiger partial charge in [-0.25, -0.2) is 0 Å². The van der Waals surface area contributed by atoms with Crippen LogP contribution in [0, 0.1) is 17.8 Å². The van der Waals surface area contributed by atoms with E-state index in [9.17, 15) is 4.79 Å². The molecule has 0 aliphatic heterocycles. The Bertz CT molecular complexity index is 308. The van der Waals surface area contributed by atoms with Crippen molar-refractivity contribution in [2.24, 2.45) is 17.8 Å². The Balaban J connectivity index is 1.71. The Morgan fingerprint density at radius 1 is 1.33 bits per heavy atom. The van der Waals surface area contributed by atoms with Gasteiger partial charge in [0.15, 0.2) is 0 Å². The van der Waals surface area contributed by atoms with Gasteiger partial charge in [-0.05, 0) is 71.3 Å². The van der Waals surface area contributed by atoms with Crippen molar-refractivity contribution in [3.05, 3.63) is 0 Å². The Hall–Kier alpha value is -0.570. The smallest absolute Gasteiger partial charge is 0.323 e. The van der Waals surface area contributed by atoms with Crippen molar-refractivity contribution in [2.75, 3.05) is 6.54 Å². The van der Waals surface area contributed by atoms with E-state index in [-0.39, 0.29) is 17.6 Å². The summed E-state index contributed by atoms with van der Waals surface area (Å²) < 4.78 is 5.38. The fourth-order valence-corrected chi connectivity index (χ4v) is 3.43. The molecule has 2 aliphatic carbocycles. The summed E-state index contributed by atoms with van der Waals surface area (Å²) in [4.78, 5) is 11.8. The van der Waals surface area contributed by atoms with Crippen molar-refractivity contribution >= 4 is 5.97 Å². The topological polar surface area (TPSA) is 38.3 Å². The molecule has 0 aromatic rings. The summed E-state index contributed by atoms with van der Waals surface area (Å²) >= 11 is 0. The van der Waals surface area contributed by atoms with Gasteiger partial charge < -0.3 is 10.1 Å². The lowest BCUT2D eigenvalue weighted by atomic mass is 9.89. The Labute approximate surface area is 111 Å². The largest absolute Gasteiger partial charge is 0.459 e. The van der Waals surface area contributed by atoms with E-state index in [0.29, 0.717) is 0 Å². The second kappa shape index (κ2) is 5.20. The van der Waals surface area contributed by atoms with E-state index >= 15 is 0 Å². The average Bonchev–Trinajstić information content (AvgIpc) is 2.84. The lowest BCUT2D eigenvalue weighted by Crippen LogP contribution is -2.41. The Kier molecular flexibility index (Phi) is 4.00. The maximum absolute atomic E-state index is 11.8. The van der Waals surface area contributed by atoms with Gasteiger partial charge in [0.1, 0.15) is 11.6 Å². The van der Waals surface area contributed by atoms with Gasteiger partial charge in [-0.15, -0.1) is 0 Å². The average molecular weight is 253 g/mol. The molecule has 0 aromatic heterocycles. The first-order valence-corrected chi connectivity index (χ1v) is 7.31. The summed E-state index contributed by atoms with van der Waals surface area (Å²) in [6.45, 7) is 8.61. The molecule has 0 radical (unpaired) electrons. The third-order valence-electron chi connectivity index (χ3n) is 4.33. The van der Waals surface area contributed by atoms with Crippen molar-refractivity contribution in [3.8, 4) is 0 Å². The molecule has 0 heterocycles. The summed E-state index contributed by atoms with van der Waals surface area (Å²) in [5.41, 5.74) is -0.389. The zero-order valence-corrected chi connectivity index (χ0v) is 12.2. The van der Waals surface area contributed by atoms with Gasteiger partial charge in [0.2, 0.25) is 0 Å². The molecule has 0 spiro atoms. The van der Waals surface area contributed by atoms with Crippen LogP contribution in [0.25, 0.3) is 0 Å². The van der Waals surface area contributed by atoms with E-state index in [0.717, 1.165) is 24.3 Å². The van der Waals surface area contributed by atoms with E-state index in [2.05, 4.69) is 5.32 Å². The molecule has 2 aliphatic rings. The number of esters is 1. The number of carbonyl (C=O) groups is 1. The second-order valence-corrected chi connectivity index (χ2v) is 7.10. The van der Waals surface area contributed by atoms with Gasteiger partial charge in [0.25, 0.3) is 0 Å². The predicted octanol–water partition coefficient (Wildman–Crippen LogP) is 2.74. The van der Waals surface area contributed by atoms with Crippen LogP contribution in [0.1, 0.15) is 53.4 Å². The van der Waals surface area contributed by atoms with E-state index in [1.165, 1.54) is 25.7 Å². The number of hydrogen-bond acceptors (Lipinski definition) is 3. The Morgan fingerprint density at radius 2 is 2.06 bits per heavy atom. The van der Waals surface area contributed by atoms with Gasteiger partial charge >= 0.3 is 5.97 Å². The van der Waals surface area contributed by atoms with Crippen LogP contribution < -0.4 is 5.32 Å². The van der Waals surface area contributed by atoms with Crippen molar-refractivity contribution in [1.29, 1.82) is 0 Å². The lowest BCUT2D eigenvalue weighted by molar-refractivity contribution is -0.157. The summed E-state index contributed by atoms with van der Waals surface area (Å²) in [6.07, 6.45) is 5.62. The zero-order chi connectivity index (χ0) is 13.3. The summed E-state index contributed by atoms with van der Waals surface area (Å²) in [5, 5.41) is 3.36. The first-order chi connectivity index (χ1) is 8.35. The third-order valence-corrected chi connectivity index (χ3v) is 4.33. The molecule has 4 unspecified atom stereocenters. The van der Waals surface area contributed by atoms with Crippen LogP contribution in [0.4, 0.5) is 0 Å². The minimum Gasteiger partial charge on any atom is -0.459 e. The number of hydrogen-bond donors (Lipinski definition) is 1. The van der Waals surface area contributed by atoms with E-state index < -0.39 is 0 Å². The van der Waals surface area contributed by atoms with Crippen LogP contribution in [0.15, 0.2) is 0 Å². The summed E-state index contributed by atoms with van der Waals surface area (Å²) in [7, 11) is 0. The number of nitrogens with one attached hydrogen (secondary N) is 1. The molecule has 104 valence electrons. The molecular formula is C15H27NO2. The van der Waals surface area contributed by atoms with Crippen LogP contribution in [-0.2, 0) is 9.53 Å². The van der Waals surface area contributed by atoms with Gasteiger partial charge in [0.05, 0.1) is 0 Å². The van der Waals surface area contributed by atoms with Crippen LogP contribution in [0.5, 0.6) is 0 Å². The third kappa shape index (κ3) is 3.47. The molecule has 1 N–H and O–H groups in total. The van der Waals surface area contributed by atoms with E-state index in [4.69, 9.17) is 4.74 Å². The highest BCUT2D eigenvalue weighted by Crippen LogP contribution is 2.47. The standard InChI is InChI=1S/C15H27NO2/c1-10(14(17)18-15(2,3)4)16-9-13-8-11-5-6-12(13)7-11/h10-13,16H,5-9H2,1-4H3. The van der Waals surface area contributed by atoms with E-state index in [1.54, 1.807) is 0 Å². The molecule has 3 heteroatoms. The number of rotatable bonds is 4. The molecule has 2 saturated carbocycles. The summed E-state index contributed by atoms with van der Waals surface area (Å²) in [5.74, 6) is 2.53. The van der Waals surface area contributed by atoms with Gasteiger partial charge in [-0.2, -0.15) is 0 Å². The van der Waals surface area contributed by atoms with Gasteiger partial charge in [0, 0.05) is 0 Å². The first-order valence-electron chi connectivity index (χ1n) is 7.31. The molecule has 2 fully saturated rings. The van der Waals surface area contributed by atoms with Gasteiger partial charge in [-0.3, -0.25) is 4.79 Å². The predicted molar refractivity (Wildman–Crippen MR) is 72.2 cm³/mol. The van der Waals surface area contributed by atoms with Crippen LogP contribution >= 0.6 is 0 Å². The van der Waals surface area contributed by atoms with Gasteiger partial charge in [-0.1, -0.05) is 6.42 Å². The van der Waals surface area contributed by atoms with Crippen molar-refractivity contribution in [2.45, 2.75) is 65.0 Å². The highest BCUT2D eigenvalue weighted by Gasteiger charge is 2.39. The van der Waals surface area contributed by atoms with Crippen molar-refractivity contribution in [3.63, 3.8) is 0 Å². The maximum Gasteiger partial charge on any atom is 0.323 e.